The molecule has 4 nitrogen and oxygen atoms in total. The number of hydrogen-bond acceptors (Lipinski definition) is 4. The second-order valence-corrected chi connectivity index (χ2v) is 4.87. The summed E-state index contributed by atoms with van der Waals surface area (Å²) in [5, 5.41) is 3.03. The monoisotopic (exact) mass is 343 g/mol. The highest BCUT2D eigenvalue weighted by molar-refractivity contribution is 9.10. The molecule has 1 N–H and O–H groups in total. The smallest absolute Gasteiger partial charge is 0.169 e. The van der Waals surface area contributed by atoms with E-state index in [0.717, 1.165) is 0 Å². The first-order chi connectivity index (χ1) is 9.60. The van der Waals surface area contributed by atoms with Gasteiger partial charge in [-0.2, -0.15) is 0 Å². The molecule has 1 atom stereocenters. The Kier molecular flexibility index (Phi) is 4.67. The largest absolute Gasteiger partial charge is 0.493 e. The number of methoxy groups -OCH3 is 2. The minimum Gasteiger partial charge on any atom is -0.493 e. The number of nitrogens with one attached hydrogen (secondary N) is 1. The van der Waals surface area contributed by atoms with Gasteiger partial charge in [0.25, 0.3) is 0 Å². The average molecular weight is 344 g/mol. The molecule has 0 bridgehead atoms. The summed E-state index contributed by atoms with van der Waals surface area (Å²) >= 11 is 3.24. The summed E-state index contributed by atoms with van der Waals surface area (Å²) < 4.78 is 30.6. The van der Waals surface area contributed by atoms with Gasteiger partial charge in [-0.05, 0) is 41.2 Å². The highest BCUT2D eigenvalue weighted by atomic mass is 79.9. The van der Waals surface area contributed by atoms with Gasteiger partial charge in [0, 0.05) is 11.6 Å². The second kappa shape index (κ2) is 6.28. The zero-order valence-electron chi connectivity index (χ0n) is 11.4. The SMILES string of the molecule is CNC(c1ccc(Br)o1)c1cc(OC)c(OC)cc1F. The van der Waals surface area contributed by atoms with Gasteiger partial charge >= 0.3 is 0 Å². The van der Waals surface area contributed by atoms with Gasteiger partial charge in [0.05, 0.1) is 20.3 Å². The van der Waals surface area contributed by atoms with Crippen molar-refractivity contribution in [3.63, 3.8) is 0 Å². The molecule has 1 unspecified atom stereocenters. The molecule has 0 aliphatic rings. The van der Waals surface area contributed by atoms with E-state index in [1.807, 2.05) is 0 Å². The van der Waals surface area contributed by atoms with E-state index in [2.05, 4.69) is 21.2 Å². The third kappa shape index (κ3) is 2.81. The molecule has 6 heteroatoms. The molecule has 0 radical (unpaired) electrons. The lowest BCUT2D eigenvalue weighted by Gasteiger charge is -2.17. The standard InChI is InChI=1S/C14H15BrFNO3/c1-17-14(10-4-5-13(15)20-10)8-6-11(18-2)12(19-3)7-9(8)16/h4-7,14,17H,1-3H3. The van der Waals surface area contributed by atoms with Crippen LogP contribution in [0.4, 0.5) is 4.39 Å². The Morgan fingerprint density at radius 3 is 2.35 bits per heavy atom. The lowest BCUT2D eigenvalue weighted by molar-refractivity contribution is 0.350. The first-order valence-electron chi connectivity index (χ1n) is 5.94. The average Bonchev–Trinajstić information content (AvgIpc) is 2.87. The quantitative estimate of drug-likeness (QED) is 0.902. The van der Waals surface area contributed by atoms with Gasteiger partial charge < -0.3 is 19.2 Å². The van der Waals surface area contributed by atoms with Crippen LogP contribution in [-0.4, -0.2) is 21.3 Å². The normalized spacial score (nSPS) is 12.2. The fraction of sp³-hybridized carbons (Fsp3) is 0.286. The Hall–Kier alpha value is -1.53. The van der Waals surface area contributed by atoms with Crippen molar-refractivity contribution in [1.82, 2.24) is 5.32 Å². The molecule has 0 spiro atoms. The van der Waals surface area contributed by atoms with E-state index in [4.69, 9.17) is 13.9 Å². The molecule has 0 saturated carbocycles. The van der Waals surface area contributed by atoms with Crippen LogP contribution in [0.1, 0.15) is 17.4 Å². The molecule has 108 valence electrons. The number of rotatable bonds is 5. The fourth-order valence-corrected chi connectivity index (χ4v) is 2.34. The maximum Gasteiger partial charge on any atom is 0.169 e. The third-order valence-electron chi connectivity index (χ3n) is 2.98. The molecule has 20 heavy (non-hydrogen) atoms. The Balaban J connectivity index is 2.49. The maximum atomic E-state index is 14.3. The number of benzene rings is 1. The summed E-state index contributed by atoms with van der Waals surface area (Å²) in [5.41, 5.74) is 0.423. The number of halogens is 2. The Morgan fingerprint density at radius 2 is 1.85 bits per heavy atom. The van der Waals surface area contributed by atoms with E-state index >= 15 is 0 Å². The van der Waals surface area contributed by atoms with E-state index in [9.17, 15) is 4.39 Å². The Labute approximate surface area is 125 Å². The summed E-state index contributed by atoms with van der Waals surface area (Å²) in [5.74, 6) is 1.03. The number of hydrogen-bond donors (Lipinski definition) is 1. The van der Waals surface area contributed by atoms with Crippen LogP contribution in [-0.2, 0) is 0 Å². The second-order valence-electron chi connectivity index (χ2n) is 4.09. The predicted molar refractivity (Wildman–Crippen MR) is 76.8 cm³/mol. The molecule has 1 aromatic carbocycles. The van der Waals surface area contributed by atoms with E-state index in [1.54, 1.807) is 25.2 Å². The molecule has 0 saturated heterocycles. The third-order valence-corrected chi connectivity index (χ3v) is 3.41. The van der Waals surface area contributed by atoms with Crippen LogP contribution in [0.25, 0.3) is 0 Å². The lowest BCUT2D eigenvalue weighted by Crippen LogP contribution is -2.18. The molecular formula is C14H15BrFNO3. The van der Waals surface area contributed by atoms with Crippen molar-refractivity contribution in [2.24, 2.45) is 0 Å². The van der Waals surface area contributed by atoms with Gasteiger partial charge in [-0.25, -0.2) is 4.39 Å². The number of ether oxygens (including phenoxy) is 2. The van der Waals surface area contributed by atoms with Crippen molar-refractivity contribution >= 4 is 15.9 Å². The van der Waals surface area contributed by atoms with Crippen molar-refractivity contribution in [2.45, 2.75) is 6.04 Å². The molecule has 1 heterocycles. The minimum absolute atomic E-state index is 0.351. The van der Waals surface area contributed by atoms with E-state index in [0.29, 0.717) is 27.5 Å². The molecule has 0 aliphatic heterocycles. The fourth-order valence-electron chi connectivity index (χ4n) is 2.03. The molecule has 0 fully saturated rings. The lowest BCUT2D eigenvalue weighted by atomic mass is 10.0. The van der Waals surface area contributed by atoms with Crippen LogP contribution in [0.5, 0.6) is 11.5 Å². The Morgan fingerprint density at radius 1 is 1.20 bits per heavy atom. The summed E-state index contributed by atoms with van der Waals surface area (Å²) in [6.07, 6.45) is 0. The van der Waals surface area contributed by atoms with Crippen LogP contribution < -0.4 is 14.8 Å². The van der Waals surface area contributed by atoms with Crippen LogP contribution in [0, 0.1) is 5.82 Å². The first-order valence-corrected chi connectivity index (χ1v) is 6.74. The van der Waals surface area contributed by atoms with Gasteiger partial charge in [0.1, 0.15) is 11.6 Å². The predicted octanol–water partition coefficient (Wildman–Crippen LogP) is 3.51. The zero-order valence-corrected chi connectivity index (χ0v) is 13.0. The van der Waals surface area contributed by atoms with Gasteiger partial charge in [-0.1, -0.05) is 0 Å². The summed E-state index contributed by atoms with van der Waals surface area (Å²) in [6, 6.07) is 6.03. The molecule has 0 amide bonds. The van der Waals surface area contributed by atoms with Crippen molar-refractivity contribution in [3.8, 4) is 11.5 Å². The minimum atomic E-state index is -0.416. The summed E-state index contributed by atoms with van der Waals surface area (Å²) in [6.45, 7) is 0. The van der Waals surface area contributed by atoms with Crippen molar-refractivity contribution in [3.05, 3.63) is 46.1 Å². The molecular weight excluding hydrogens is 329 g/mol. The molecule has 2 aromatic rings. The van der Waals surface area contributed by atoms with Crippen LogP contribution >= 0.6 is 15.9 Å². The zero-order chi connectivity index (χ0) is 14.7. The Bertz CT molecular complexity index is 600. The van der Waals surface area contributed by atoms with Gasteiger partial charge in [-0.15, -0.1) is 0 Å². The van der Waals surface area contributed by atoms with Crippen molar-refractivity contribution in [2.75, 3.05) is 21.3 Å². The van der Waals surface area contributed by atoms with E-state index in [1.165, 1.54) is 20.3 Å². The highest BCUT2D eigenvalue weighted by Gasteiger charge is 2.22. The van der Waals surface area contributed by atoms with Crippen molar-refractivity contribution in [1.29, 1.82) is 0 Å². The number of furan rings is 1. The van der Waals surface area contributed by atoms with Crippen LogP contribution in [0.15, 0.2) is 33.4 Å². The van der Waals surface area contributed by atoms with E-state index in [-0.39, 0.29) is 0 Å². The van der Waals surface area contributed by atoms with Crippen molar-refractivity contribution < 1.29 is 18.3 Å². The first kappa shape index (κ1) is 14.9. The van der Waals surface area contributed by atoms with Gasteiger partial charge in [0.2, 0.25) is 0 Å². The molecule has 2 rings (SSSR count). The maximum absolute atomic E-state index is 14.3. The van der Waals surface area contributed by atoms with Crippen LogP contribution in [0.2, 0.25) is 0 Å². The van der Waals surface area contributed by atoms with E-state index < -0.39 is 11.9 Å². The topological polar surface area (TPSA) is 43.6 Å². The highest BCUT2D eigenvalue weighted by Crippen LogP contribution is 2.35. The summed E-state index contributed by atoms with van der Waals surface area (Å²) in [4.78, 5) is 0. The van der Waals surface area contributed by atoms with Gasteiger partial charge in [-0.3, -0.25) is 0 Å². The van der Waals surface area contributed by atoms with Crippen LogP contribution in [0.3, 0.4) is 0 Å². The molecule has 0 aliphatic carbocycles. The van der Waals surface area contributed by atoms with Gasteiger partial charge in [0.15, 0.2) is 16.2 Å². The summed E-state index contributed by atoms with van der Waals surface area (Å²) in [7, 11) is 4.71. The molecule has 1 aromatic heterocycles.